The third-order valence-corrected chi connectivity index (χ3v) is 4.20. The summed E-state index contributed by atoms with van der Waals surface area (Å²) in [7, 11) is 1.68. The molecule has 0 saturated carbocycles. The first-order valence-electron chi connectivity index (χ1n) is 7.84. The van der Waals surface area contributed by atoms with Crippen molar-refractivity contribution in [1.29, 1.82) is 0 Å². The van der Waals surface area contributed by atoms with E-state index >= 15 is 0 Å². The first kappa shape index (κ1) is 16.3. The maximum Gasteiger partial charge on any atom is 0.118 e. The number of aliphatic hydroxyl groups is 1. The highest BCUT2D eigenvalue weighted by Gasteiger charge is 2.30. The Morgan fingerprint density at radius 1 is 1.29 bits per heavy atom. The van der Waals surface area contributed by atoms with Crippen LogP contribution in [0.4, 0.5) is 0 Å². The number of methoxy groups -OCH3 is 1. The van der Waals surface area contributed by atoms with Crippen molar-refractivity contribution in [3.8, 4) is 5.75 Å². The van der Waals surface area contributed by atoms with Crippen LogP contribution in [0.15, 0.2) is 24.3 Å². The Morgan fingerprint density at radius 3 is 2.52 bits per heavy atom. The van der Waals surface area contributed by atoms with Crippen LogP contribution in [0.25, 0.3) is 0 Å². The van der Waals surface area contributed by atoms with Crippen molar-refractivity contribution in [1.82, 2.24) is 5.32 Å². The summed E-state index contributed by atoms with van der Waals surface area (Å²) in [5.74, 6) is 0.872. The highest BCUT2D eigenvalue weighted by molar-refractivity contribution is 5.29. The maximum absolute atomic E-state index is 10.6. The SMILES string of the molecule is CCCC(NCC1(O)CCOCC1)c1ccc(OC)cc1. The van der Waals surface area contributed by atoms with Gasteiger partial charge in [-0.1, -0.05) is 25.5 Å². The minimum atomic E-state index is -0.628. The second kappa shape index (κ2) is 7.78. The molecule has 0 spiro atoms. The van der Waals surface area contributed by atoms with Crippen molar-refractivity contribution in [3.63, 3.8) is 0 Å². The van der Waals surface area contributed by atoms with Crippen LogP contribution in [0, 0.1) is 0 Å². The predicted octanol–water partition coefficient (Wildman–Crippen LogP) is 2.67. The van der Waals surface area contributed by atoms with Gasteiger partial charge in [0, 0.05) is 38.6 Å². The Bertz CT molecular complexity index is 413. The summed E-state index contributed by atoms with van der Waals surface area (Å²) in [5, 5.41) is 14.1. The highest BCUT2D eigenvalue weighted by atomic mass is 16.5. The summed E-state index contributed by atoms with van der Waals surface area (Å²) in [6.45, 7) is 4.10. The van der Waals surface area contributed by atoms with Gasteiger partial charge in [0.2, 0.25) is 0 Å². The van der Waals surface area contributed by atoms with E-state index in [0.29, 0.717) is 32.6 Å². The lowest BCUT2D eigenvalue weighted by Crippen LogP contribution is -2.45. The van der Waals surface area contributed by atoms with E-state index in [2.05, 4.69) is 24.4 Å². The number of hydrogen-bond acceptors (Lipinski definition) is 4. The molecule has 0 aromatic heterocycles. The molecule has 1 saturated heterocycles. The van der Waals surface area contributed by atoms with Crippen LogP contribution in [0.5, 0.6) is 5.75 Å². The molecule has 118 valence electrons. The van der Waals surface area contributed by atoms with E-state index in [1.165, 1.54) is 5.56 Å². The molecule has 1 unspecified atom stereocenters. The molecule has 1 heterocycles. The number of nitrogens with one attached hydrogen (secondary N) is 1. The zero-order valence-corrected chi connectivity index (χ0v) is 13.1. The van der Waals surface area contributed by atoms with Crippen LogP contribution >= 0.6 is 0 Å². The average Bonchev–Trinajstić information content (AvgIpc) is 2.52. The van der Waals surface area contributed by atoms with E-state index in [1.54, 1.807) is 7.11 Å². The fourth-order valence-corrected chi connectivity index (χ4v) is 2.75. The van der Waals surface area contributed by atoms with Gasteiger partial charge in [-0.3, -0.25) is 0 Å². The normalized spacial score (nSPS) is 19.2. The standard InChI is InChI=1S/C17H27NO3/c1-3-4-16(14-5-7-15(20-2)8-6-14)18-13-17(19)9-11-21-12-10-17/h5-8,16,18-19H,3-4,9-13H2,1-2H3. The molecule has 1 fully saturated rings. The zero-order valence-electron chi connectivity index (χ0n) is 13.1. The van der Waals surface area contributed by atoms with Crippen molar-refractivity contribution in [2.75, 3.05) is 26.9 Å². The van der Waals surface area contributed by atoms with Crippen molar-refractivity contribution in [2.24, 2.45) is 0 Å². The minimum Gasteiger partial charge on any atom is -0.497 e. The quantitative estimate of drug-likeness (QED) is 0.811. The Hall–Kier alpha value is -1.10. The third-order valence-electron chi connectivity index (χ3n) is 4.20. The molecular formula is C17H27NO3. The van der Waals surface area contributed by atoms with E-state index in [1.807, 2.05) is 12.1 Å². The average molecular weight is 293 g/mol. The van der Waals surface area contributed by atoms with Gasteiger partial charge in [0.1, 0.15) is 5.75 Å². The number of benzene rings is 1. The fraction of sp³-hybridized carbons (Fsp3) is 0.647. The first-order chi connectivity index (χ1) is 10.2. The Kier molecular flexibility index (Phi) is 6.03. The van der Waals surface area contributed by atoms with Gasteiger partial charge >= 0.3 is 0 Å². The molecule has 1 atom stereocenters. The first-order valence-corrected chi connectivity index (χ1v) is 7.84. The smallest absolute Gasteiger partial charge is 0.118 e. The summed E-state index contributed by atoms with van der Waals surface area (Å²) < 4.78 is 10.5. The molecule has 0 aliphatic carbocycles. The summed E-state index contributed by atoms with van der Waals surface area (Å²) in [6.07, 6.45) is 3.58. The molecule has 4 heteroatoms. The lowest BCUT2D eigenvalue weighted by atomic mass is 9.93. The van der Waals surface area contributed by atoms with Gasteiger partial charge in [0.15, 0.2) is 0 Å². The van der Waals surface area contributed by atoms with Crippen LogP contribution < -0.4 is 10.1 Å². The monoisotopic (exact) mass is 293 g/mol. The fourth-order valence-electron chi connectivity index (χ4n) is 2.75. The Balaban J connectivity index is 1.97. The van der Waals surface area contributed by atoms with Crippen LogP contribution in [-0.4, -0.2) is 37.6 Å². The number of ether oxygens (including phenoxy) is 2. The molecule has 1 aromatic carbocycles. The molecule has 21 heavy (non-hydrogen) atoms. The van der Waals surface area contributed by atoms with Gasteiger partial charge in [-0.25, -0.2) is 0 Å². The number of rotatable bonds is 7. The molecule has 1 aliphatic rings. The highest BCUT2D eigenvalue weighted by Crippen LogP contribution is 2.24. The lowest BCUT2D eigenvalue weighted by molar-refractivity contribution is -0.0629. The third kappa shape index (κ3) is 4.70. The Labute approximate surface area is 127 Å². The van der Waals surface area contributed by atoms with Crippen LogP contribution in [0.3, 0.4) is 0 Å². The van der Waals surface area contributed by atoms with E-state index < -0.39 is 5.60 Å². The van der Waals surface area contributed by atoms with Gasteiger partial charge in [-0.05, 0) is 24.1 Å². The topological polar surface area (TPSA) is 50.7 Å². The molecule has 0 radical (unpaired) electrons. The largest absolute Gasteiger partial charge is 0.497 e. The Morgan fingerprint density at radius 2 is 1.95 bits per heavy atom. The molecule has 0 bridgehead atoms. The van der Waals surface area contributed by atoms with E-state index in [0.717, 1.165) is 18.6 Å². The van der Waals surface area contributed by atoms with Gasteiger partial charge in [0.25, 0.3) is 0 Å². The molecule has 1 aromatic rings. The zero-order chi connectivity index (χ0) is 15.1. The van der Waals surface area contributed by atoms with Gasteiger partial charge in [-0.15, -0.1) is 0 Å². The van der Waals surface area contributed by atoms with Crippen molar-refractivity contribution in [3.05, 3.63) is 29.8 Å². The second-order valence-electron chi connectivity index (χ2n) is 5.83. The van der Waals surface area contributed by atoms with Gasteiger partial charge < -0.3 is 19.9 Å². The van der Waals surface area contributed by atoms with Crippen LogP contribution in [0.1, 0.15) is 44.2 Å². The molecular weight excluding hydrogens is 266 g/mol. The summed E-state index contributed by atoms with van der Waals surface area (Å²) in [5.41, 5.74) is 0.616. The molecule has 1 aliphatic heterocycles. The molecule has 2 rings (SSSR count). The molecule has 2 N–H and O–H groups in total. The summed E-state index contributed by atoms with van der Waals surface area (Å²) in [6, 6.07) is 8.44. The van der Waals surface area contributed by atoms with Crippen LogP contribution in [-0.2, 0) is 4.74 Å². The number of hydrogen-bond donors (Lipinski definition) is 2. The summed E-state index contributed by atoms with van der Waals surface area (Å²) >= 11 is 0. The lowest BCUT2D eigenvalue weighted by Gasteiger charge is -2.34. The van der Waals surface area contributed by atoms with Crippen molar-refractivity contribution < 1.29 is 14.6 Å². The second-order valence-corrected chi connectivity index (χ2v) is 5.83. The maximum atomic E-state index is 10.6. The van der Waals surface area contributed by atoms with Gasteiger partial charge in [-0.2, -0.15) is 0 Å². The van der Waals surface area contributed by atoms with Crippen LogP contribution in [0.2, 0.25) is 0 Å². The van der Waals surface area contributed by atoms with E-state index in [9.17, 15) is 5.11 Å². The minimum absolute atomic E-state index is 0.271. The molecule has 4 nitrogen and oxygen atoms in total. The van der Waals surface area contributed by atoms with E-state index in [4.69, 9.17) is 9.47 Å². The van der Waals surface area contributed by atoms with Crippen molar-refractivity contribution in [2.45, 2.75) is 44.2 Å². The summed E-state index contributed by atoms with van der Waals surface area (Å²) in [4.78, 5) is 0. The van der Waals surface area contributed by atoms with E-state index in [-0.39, 0.29) is 6.04 Å². The predicted molar refractivity (Wildman–Crippen MR) is 83.6 cm³/mol. The van der Waals surface area contributed by atoms with Crippen molar-refractivity contribution >= 4 is 0 Å². The van der Waals surface area contributed by atoms with Gasteiger partial charge in [0.05, 0.1) is 12.7 Å². The molecule has 0 amide bonds.